The monoisotopic (exact) mass is 447 g/mol. The molecule has 31 heavy (non-hydrogen) atoms. The summed E-state index contributed by atoms with van der Waals surface area (Å²) in [5, 5.41) is 5.62. The highest BCUT2D eigenvalue weighted by Crippen LogP contribution is 2.47. The number of imidazole rings is 1. The first-order chi connectivity index (χ1) is 14.8. The Morgan fingerprint density at radius 2 is 2.00 bits per heavy atom. The molecule has 0 bridgehead atoms. The third-order valence-corrected chi connectivity index (χ3v) is 6.60. The Kier molecular flexibility index (Phi) is 5.70. The lowest BCUT2D eigenvalue weighted by Crippen LogP contribution is -2.44. The normalized spacial score (nSPS) is 23.3. The Bertz CT molecular complexity index is 1030. The minimum absolute atomic E-state index is 0.0000101. The number of nitrogens with zero attached hydrogens (tertiary/aromatic N) is 2. The van der Waals surface area contributed by atoms with E-state index in [-0.39, 0.29) is 28.4 Å². The second-order valence-electron chi connectivity index (χ2n) is 8.04. The maximum absolute atomic E-state index is 13.4. The van der Waals surface area contributed by atoms with Crippen LogP contribution in [0, 0.1) is 11.2 Å². The summed E-state index contributed by atoms with van der Waals surface area (Å²) in [4.78, 5) is 46.0. The number of rotatable bonds is 4. The molecule has 1 aliphatic carbocycles. The Morgan fingerprint density at radius 1 is 1.26 bits per heavy atom. The number of aromatic nitrogens is 2. The van der Waals surface area contributed by atoms with E-state index in [2.05, 4.69) is 20.6 Å². The summed E-state index contributed by atoms with van der Waals surface area (Å²) in [6, 6.07) is 3.94. The van der Waals surface area contributed by atoms with Gasteiger partial charge in [-0.25, -0.2) is 9.37 Å². The summed E-state index contributed by atoms with van der Waals surface area (Å²) in [7, 11) is 1.48. The topological polar surface area (TPSA) is 107 Å². The van der Waals surface area contributed by atoms with Gasteiger partial charge in [-0.3, -0.25) is 14.4 Å². The zero-order valence-electron chi connectivity index (χ0n) is 17.0. The number of H-pyrrole nitrogens is 1. The molecule has 2 heterocycles. The van der Waals surface area contributed by atoms with Gasteiger partial charge in [-0.1, -0.05) is 11.6 Å². The van der Waals surface area contributed by atoms with Crippen LogP contribution in [0.15, 0.2) is 24.5 Å². The van der Waals surface area contributed by atoms with Gasteiger partial charge in [0, 0.05) is 19.6 Å². The molecule has 1 spiro atoms. The van der Waals surface area contributed by atoms with E-state index in [0.29, 0.717) is 44.3 Å². The number of carbonyl (C=O) groups is 3. The minimum atomic E-state index is -0.488. The van der Waals surface area contributed by atoms with Crippen molar-refractivity contribution in [1.82, 2.24) is 20.6 Å². The van der Waals surface area contributed by atoms with Crippen LogP contribution in [0.3, 0.4) is 0 Å². The van der Waals surface area contributed by atoms with Gasteiger partial charge >= 0.3 is 0 Å². The Morgan fingerprint density at radius 3 is 2.68 bits per heavy atom. The Balaban J connectivity index is 1.40. The quantitative estimate of drug-likeness (QED) is 0.669. The van der Waals surface area contributed by atoms with Crippen molar-refractivity contribution in [2.75, 3.05) is 18.5 Å². The van der Waals surface area contributed by atoms with Crippen LogP contribution in [0.2, 0.25) is 5.02 Å². The molecule has 3 N–H and O–H groups in total. The van der Waals surface area contributed by atoms with E-state index in [1.165, 1.54) is 31.6 Å². The van der Waals surface area contributed by atoms with Gasteiger partial charge < -0.3 is 20.5 Å². The lowest BCUT2D eigenvalue weighted by molar-refractivity contribution is -0.127. The first-order valence-corrected chi connectivity index (χ1v) is 10.6. The third kappa shape index (κ3) is 3.89. The Hall–Kier alpha value is -2.94. The summed E-state index contributed by atoms with van der Waals surface area (Å²) in [6.45, 7) is 0.532. The minimum Gasteiger partial charge on any atom is -0.354 e. The third-order valence-electron chi connectivity index (χ3n) is 6.30. The molecule has 1 aromatic carbocycles. The predicted molar refractivity (Wildman–Crippen MR) is 113 cm³/mol. The van der Waals surface area contributed by atoms with E-state index in [9.17, 15) is 18.8 Å². The standard InChI is InChI=1S/C21H23ClFN5O3/c1-24-18(29)16-17(26-11-25-16)19(30)27-13-4-6-21(7-5-13)8-9-28(20(21)31)15-3-2-12(23)10-14(15)22/h2-3,10-11,13H,4-9H2,1H3,(H,24,29)(H,25,26)(H,27,30)/t13-,21-. The van der Waals surface area contributed by atoms with Gasteiger partial charge in [0.05, 0.1) is 22.5 Å². The van der Waals surface area contributed by atoms with Crippen LogP contribution in [0.4, 0.5) is 10.1 Å². The number of aromatic amines is 1. The van der Waals surface area contributed by atoms with Gasteiger partial charge in [0.15, 0.2) is 5.69 Å². The smallest absolute Gasteiger partial charge is 0.272 e. The molecule has 0 radical (unpaired) electrons. The molecule has 1 saturated carbocycles. The van der Waals surface area contributed by atoms with E-state index in [1.807, 2.05) is 0 Å². The molecule has 10 heteroatoms. The maximum Gasteiger partial charge on any atom is 0.272 e. The number of halogens is 2. The number of benzene rings is 1. The maximum atomic E-state index is 13.4. The van der Waals surface area contributed by atoms with Crippen molar-refractivity contribution in [2.45, 2.75) is 38.1 Å². The van der Waals surface area contributed by atoms with Crippen molar-refractivity contribution in [3.63, 3.8) is 0 Å². The fourth-order valence-corrected chi connectivity index (χ4v) is 4.82. The Labute approximate surface area is 183 Å². The van der Waals surface area contributed by atoms with E-state index in [4.69, 9.17) is 11.6 Å². The highest BCUT2D eigenvalue weighted by molar-refractivity contribution is 6.34. The fraction of sp³-hybridized carbons (Fsp3) is 0.429. The summed E-state index contributed by atoms with van der Waals surface area (Å²) in [6.07, 6.45) is 4.55. The number of carbonyl (C=O) groups excluding carboxylic acids is 3. The molecule has 1 aliphatic heterocycles. The first-order valence-electron chi connectivity index (χ1n) is 10.2. The SMILES string of the molecule is CNC(=O)c1[nH]cnc1C(=O)N[C@H]1CC[C@@]2(CCN(c3ccc(F)cc3Cl)C2=O)CC1. The van der Waals surface area contributed by atoms with Crippen molar-refractivity contribution in [1.29, 1.82) is 0 Å². The highest BCUT2D eigenvalue weighted by Gasteiger charge is 2.49. The molecule has 0 unspecified atom stereocenters. The van der Waals surface area contributed by atoms with E-state index < -0.39 is 23.0 Å². The zero-order chi connectivity index (χ0) is 22.2. The first kappa shape index (κ1) is 21.3. The fourth-order valence-electron chi connectivity index (χ4n) is 4.55. The molecule has 2 fully saturated rings. The van der Waals surface area contributed by atoms with Crippen LogP contribution in [0.25, 0.3) is 0 Å². The number of hydrogen-bond donors (Lipinski definition) is 3. The predicted octanol–water partition coefficient (Wildman–Crippen LogP) is 2.66. The van der Waals surface area contributed by atoms with Crippen LogP contribution in [0.5, 0.6) is 0 Å². The molecular formula is C21H23ClFN5O3. The van der Waals surface area contributed by atoms with Crippen molar-refractivity contribution in [3.8, 4) is 0 Å². The van der Waals surface area contributed by atoms with Gasteiger partial charge in [0.2, 0.25) is 5.91 Å². The van der Waals surface area contributed by atoms with Crippen LogP contribution < -0.4 is 15.5 Å². The lowest BCUT2D eigenvalue weighted by Gasteiger charge is -2.36. The van der Waals surface area contributed by atoms with Crippen molar-refractivity contribution in [3.05, 3.63) is 46.8 Å². The molecule has 3 amide bonds. The largest absolute Gasteiger partial charge is 0.354 e. The van der Waals surface area contributed by atoms with Crippen LogP contribution in [-0.4, -0.2) is 47.3 Å². The molecule has 1 saturated heterocycles. The van der Waals surface area contributed by atoms with Crippen LogP contribution in [-0.2, 0) is 4.79 Å². The molecule has 8 nitrogen and oxygen atoms in total. The molecule has 2 aliphatic rings. The van der Waals surface area contributed by atoms with Gasteiger partial charge in [-0.05, 0) is 50.3 Å². The summed E-state index contributed by atoms with van der Waals surface area (Å²) in [5.41, 5.74) is 0.206. The average molecular weight is 448 g/mol. The van der Waals surface area contributed by atoms with E-state index in [0.717, 1.165) is 0 Å². The van der Waals surface area contributed by atoms with Crippen LogP contribution >= 0.6 is 11.6 Å². The van der Waals surface area contributed by atoms with Crippen LogP contribution in [0.1, 0.15) is 53.1 Å². The average Bonchev–Trinajstić information content (AvgIpc) is 3.36. The van der Waals surface area contributed by atoms with E-state index in [1.54, 1.807) is 4.90 Å². The summed E-state index contributed by atoms with van der Waals surface area (Å²) < 4.78 is 13.4. The van der Waals surface area contributed by atoms with Gasteiger partial charge in [-0.2, -0.15) is 0 Å². The molecule has 164 valence electrons. The number of anilines is 1. The van der Waals surface area contributed by atoms with Gasteiger partial charge in [0.1, 0.15) is 11.5 Å². The number of hydrogen-bond acceptors (Lipinski definition) is 4. The van der Waals surface area contributed by atoms with Crippen molar-refractivity contribution in [2.24, 2.45) is 5.41 Å². The van der Waals surface area contributed by atoms with E-state index >= 15 is 0 Å². The molecule has 2 aromatic rings. The second kappa shape index (κ2) is 8.30. The molecule has 0 atom stereocenters. The van der Waals surface area contributed by atoms with Gasteiger partial charge in [-0.15, -0.1) is 0 Å². The summed E-state index contributed by atoms with van der Waals surface area (Å²) >= 11 is 6.16. The number of amides is 3. The second-order valence-corrected chi connectivity index (χ2v) is 8.44. The lowest BCUT2D eigenvalue weighted by atomic mass is 9.71. The summed E-state index contributed by atoms with van der Waals surface area (Å²) in [5.74, 6) is -1.28. The van der Waals surface area contributed by atoms with Gasteiger partial charge in [0.25, 0.3) is 11.8 Å². The highest BCUT2D eigenvalue weighted by atomic mass is 35.5. The molecular weight excluding hydrogens is 425 g/mol. The molecule has 4 rings (SSSR count). The number of nitrogens with one attached hydrogen (secondary N) is 3. The van der Waals surface area contributed by atoms with Crippen molar-refractivity contribution < 1.29 is 18.8 Å². The van der Waals surface area contributed by atoms with Crippen molar-refractivity contribution >= 4 is 35.0 Å². The molecule has 1 aromatic heterocycles. The zero-order valence-corrected chi connectivity index (χ0v) is 17.8.